The van der Waals surface area contributed by atoms with Gasteiger partial charge in [-0.05, 0) is 41.7 Å². The van der Waals surface area contributed by atoms with E-state index < -0.39 is 5.97 Å². The molecule has 0 saturated carbocycles. The minimum Gasteiger partial charge on any atom is -0.497 e. The van der Waals surface area contributed by atoms with Crippen molar-refractivity contribution in [2.24, 2.45) is 4.99 Å². The standard InChI is InChI=1S/C19H19NO3S2/c1-22-17-10-8-16(9-11-17)20-19(25-2)23-18(21)12-15(13-24)14-6-4-3-5-7-14/h3-12,24H,13H2,1-2H3. The number of thiol groups is 1. The number of rotatable bonds is 5. The van der Waals surface area contributed by atoms with Gasteiger partial charge in [-0.25, -0.2) is 9.79 Å². The van der Waals surface area contributed by atoms with Crippen molar-refractivity contribution < 1.29 is 14.3 Å². The van der Waals surface area contributed by atoms with Gasteiger partial charge < -0.3 is 9.47 Å². The van der Waals surface area contributed by atoms with Gasteiger partial charge in [0.25, 0.3) is 5.23 Å². The summed E-state index contributed by atoms with van der Waals surface area (Å²) in [4.78, 5) is 16.5. The van der Waals surface area contributed by atoms with E-state index in [9.17, 15) is 4.79 Å². The summed E-state index contributed by atoms with van der Waals surface area (Å²) in [6, 6.07) is 16.8. The molecule has 0 radical (unpaired) electrons. The van der Waals surface area contributed by atoms with Crippen LogP contribution in [0.2, 0.25) is 0 Å². The summed E-state index contributed by atoms with van der Waals surface area (Å²) < 4.78 is 10.5. The van der Waals surface area contributed by atoms with Crippen LogP contribution in [0.5, 0.6) is 5.75 Å². The lowest BCUT2D eigenvalue weighted by Crippen LogP contribution is -2.07. The van der Waals surface area contributed by atoms with Gasteiger partial charge >= 0.3 is 5.97 Å². The summed E-state index contributed by atoms with van der Waals surface area (Å²) >= 11 is 5.55. The minimum atomic E-state index is -0.477. The van der Waals surface area contributed by atoms with Crippen LogP contribution in [0.25, 0.3) is 5.57 Å². The SMILES string of the molecule is COc1ccc(N=C(OC(=O)C=C(CS)c2ccccc2)SC)cc1. The van der Waals surface area contributed by atoms with Gasteiger partial charge in [0.1, 0.15) is 5.75 Å². The van der Waals surface area contributed by atoms with E-state index in [1.807, 2.05) is 30.3 Å². The van der Waals surface area contributed by atoms with E-state index >= 15 is 0 Å². The average molecular weight is 373 g/mol. The molecule has 4 nitrogen and oxygen atoms in total. The maximum absolute atomic E-state index is 12.2. The van der Waals surface area contributed by atoms with Crippen LogP contribution in [0.4, 0.5) is 5.69 Å². The second kappa shape index (κ2) is 9.96. The highest BCUT2D eigenvalue weighted by Gasteiger charge is 2.09. The molecular formula is C19H19NO3S2. The number of methoxy groups -OCH3 is 1. The van der Waals surface area contributed by atoms with Gasteiger partial charge in [-0.3, -0.25) is 0 Å². The Bertz CT molecular complexity index is 756. The third-order valence-corrected chi connectivity index (χ3v) is 4.13. The van der Waals surface area contributed by atoms with Crippen LogP contribution in [-0.4, -0.2) is 30.3 Å². The normalized spacial score (nSPS) is 12.0. The molecule has 0 atom stereocenters. The monoisotopic (exact) mass is 373 g/mol. The fraction of sp³-hybridized carbons (Fsp3) is 0.158. The summed E-state index contributed by atoms with van der Waals surface area (Å²) in [6.45, 7) is 0. The summed E-state index contributed by atoms with van der Waals surface area (Å²) in [7, 11) is 1.60. The fourth-order valence-corrected chi connectivity index (χ4v) is 2.64. The Morgan fingerprint density at radius 3 is 2.40 bits per heavy atom. The lowest BCUT2D eigenvalue weighted by molar-refractivity contribution is -0.129. The van der Waals surface area contributed by atoms with Crippen LogP contribution in [0.15, 0.2) is 65.7 Å². The third-order valence-electron chi connectivity index (χ3n) is 3.26. The highest BCUT2D eigenvalue weighted by atomic mass is 32.2. The zero-order valence-electron chi connectivity index (χ0n) is 14.0. The molecule has 0 aliphatic carbocycles. The molecule has 6 heteroatoms. The lowest BCUT2D eigenvalue weighted by Gasteiger charge is -2.06. The largest absolute Gasteiger partial charge is 0.497 e. The molecule has 0 saturated heterocycles. The second-order valence-corrected chi connectivity index (χ2v) is 5.97. The zero-order chi connectivity index (χ0) is 18.1. The molecule has 130 valence electrons. The van der Waals surface area contributed by atoms with E-state index in [0.717, 1.165) is 16.9 Å². The van der Waals surface area contributed by atoms with Gasteiger partial charge in [-0.15, -0.1) is 0 Å². The number of thioether (sulfide) groups is 1. The Hall–Kier alpha value is -2.18. The van der Waals surface area contributed by atoms with E-state index in [1.165, 1.54) is 17.8 Å². The lowest BCUT2D eigenvalue weighted by atomic mass is 10.1. The highest BCUT2D eigenvalue weighted by molar-refractivity contribution is 8.13. The third kappa shape index (κ3) is 5.99. The quantitative estimate of drug-likeness (QED) is 0.273. The Balaban J connectivity index is 2.12. The van der Waals surface area contributed by atoms with Gasteiger partial charge in [0, 0.05) is 11.8 Å². The number of esters is 1. The van der Waals surface area contributed by atoms with E-state index in [2.05, 4.69) is 17.6 Å². The first-order valence-electron chi connectivity index (χ1n) is 7.51. The molecule has 0 heterocycles. The van der Waals surface area contributed by atoms with Crippen LogP contribution in [0, 0.1) is 0 Å². The fourth-order valence-electron chi connectivity index (χ4n) is 2.00. The maximum atomic E-state index is 12.2. The number of hydrogen-bond donors (Lipinski definition) is 1. The first-order chi connectivity index (χ1) is 12.2. The van der Waals surface area contributed by atoms with Crippen LogP contribution < -0.4 is 4.74 Å². The molecule has 0 aliphatic heterocycles. The Kier molecular flexibility index (Phi) is 7.63. The van der Waals surface area contributed by atoms with Gasteiger partial charge in [-0.2, -0.15) is 12.6 Å². The zero-order valence-corrected chi connectivity index (χ0v) is 15.7. The van der Waals surface area contributed by atoms with Crippen molar-refractivity contribution in [3.8, 4) is 5.75 Å². The molecule has 2 aromatic carbocycles. The average Bonchev–Trinajstić information content (AvgIpc) is 2.66. The molecule has 0 amide bonds. The van der Waals surface area contributed by atoms with Crippen molar-refractivity contribution >= 4 is 46.9 Å². The van der Waals surface area contributed by atoms with E-state index in [-0.39, 0.29) is 5.23 Å². The van der Waals surface area contributed by atoms with Crippen LogP contribution in [-0.2, 0) is 9.53 Å². The first-order valence-corrected chi connectivity index (χ1v) is 9.37. The molecule has 0 aliphatic rings. The van der Waals surface area contributed by atoms with Crippen LogP contribution in [0.1, 0.15) is 5.56 Å². The van der Waals surface area contributed by atoms with Gasteiger partial charge in [0.05, 0.1) is 12.8 Å². The molecule has 0 spiro atoms. The molecule has 25 heavy (non-hydrogen) atoms. The number of nitrogens with zero attached hydrogens (tertiary/aromatic N) is 1. The number of aliphatic imine (C=N–C) groups is 1. The van der Waals surface area contributed by atoms with Gasteiger partial charge in [0.2, 0.25) is 0 Å². The number of ether oxygens (including phenoxy) is 2. The summed E-state index contributed by atoms with van der Waals surface area (Å²) in [5, 5.41) is 0.276. The predicted octanol–water partition coefficient (Wildman–Crippen LogP) is 4.60. The van der Waals surface area contributed by atoms with Crippen molar-refractivity contribution in [2.45, 2.75) is 0 Å². The molecule has 0 unspecified atom stereocenters. The maximum Gasteiger partial charge on any atom is 0.338 e. The van der Waals surface area contributed by atoms with Crippen molar-refractivity contribution in [3.05, 3.63) is 66.2 Å². The number of benzene rings is 2. The van der Waals surface area contributed by atoms with Gasteiger partial charge in [-0.1, -0.05) is 42.1 Å². The molecular weight excluding hydrogens is 354 g/mol. The van der Waals surface area contributed by atoms with Crippen LogP contribution in [0.3, 0.4) is 0 Å². The first kappa shape index (κ1) is 19.1. The van der Waals surface area contributed by atoms with Gasteiger partial charge in [0.15, 0.2) is 0 Å². The number of carbonyl (C=O) groups is 1. The molecule has 2 rings (SSSR count). The number of carbonyl (C=O) groups excluding carboxylic acids is 1. The van der Waals surface area contributed by atoms with Crippen molar-refractivity contribution in [1.29, 1.82) is 0 Å². The minimum absolute atomic E-state index is 0.276. The van der Waals surface area contributed by atoms with Crippen molar-refractivity contribution in [1.82, 2.24) is 0 Å². The molecule has 0 N–H and O–H groups in total. The van der Waals surface area contributed by atoms with Crippen LogP contribution >= 0.6 is 24.4 Å². The Morgan fingerprint density at radius 1 is 1.16 bits per heavy atom. The van der Waals surface area contributed by atoms with Crippen molar-refractivity contribution in [2.75, 3.05) is 19.1 Å². The smallest absolute Gasteiger partial charge is 0.338 e. The number of hydrogen-bond acceptors (Lipinski definition) is 6. The molecule has 0 aromatic heterocycles. The van der Waals surface area contributed by atoms with E-state index in [1.54, 1.807) is 37.6 Å². The van der Waals surface area contributed by atoms with E-state index in [0.29, 0.717) is 11.4 Å². The molecule has 0 fully saturated rings. The summed E-state index contributed by atoms with van der Waals surface area (Å²) in [5.74, 6) is 0.698. The predicted molar refractivity (Wildman–Crippen MR) is 108 cm³/mol. The molecule has 0 bridgehead atoms. The van der Waals surface area contributed by atoms with E-state index in [4.69, 9.17) is 9.47 Å². The Morgan fingerprint density at radius 2 is 1.84 bits per heavy atom. The summed E-state index contributed by atoms with van der Waals surface area (Å²) in [6.07, 6.45) is 3.25. The molecule has 2 aromatic rings. The Labute approximate surface area is 157 Å². The van der Waals surface area contributed by atoms with Crippen molar-refractivity contribution in [3.63, 3.8) is 0 Å². The highest BCUT2D eigenvalue weighted by Crippen LogP contribution is 2.20. The second-order valence-electron chi connectivity index (χ2n) is 4.89. The summed E-state index contributed by atoms with van der Waals surface area (Å²) in [5.41, 5.74) is 2.41. The topological polar surface area (TPSA) is 47.9 Å².